The summed E-state index contributed by atoms with van der Waals surface area (Å²) in [7, 11) is 0. The maximum Gasteiger partial charge on any atom is 0.0749 e. The Bertz CT molecular complexity index is 76.4. The first kappa shape index (κ1) is 4.73. The largest absolute Gasteiger partial charge is 0.379 e. The number of nitrogens with one attached hydrogen (secondary N) is 1. The molecule has 2 atom stereocenters. The first-order valence-electron chi connectivity index (χ1n) is 2.92. The first-order valence-corrected chi connectivity index (χ1v) is 2.92. The molecule has 2 aliphatic heterocycles. The molecule has 0 aromatic heterocycles. The minimum atomic E-state index is 0.481. The Balaban J connectivity index is 2.04. The van der Waals surface area contributed by atoms with Gasteiger partial charge in [0.2, 0.25) is 0 Å². The quantitative estimate of drug-likeness (QED) is 0.463. The fourth-order valence-corrected chi connectivity index (χ4v) is 1.16. The summed E-state index contributed by atoms with van der Waals surface area (Å²) in [6, 6.07) is 0.481. The van der Waals surface area contributed by atoms with Gasteiger partial charge in [-0.2, -0.15) is 5.48 Å². The van der Waals surface area contributed by atoms with E-state index in [1.807, 2.05) is 0 Å². The van der Waals surface area contributed by atoms with Gasteiger partial charge in [0.1, 0.15) is 0 Å². The highest BCUT2D eigenvalue weighted by Gasteiger charge is 2.33. The van der Waals surface area contributed by atoms with Gasteiger partial charge < -0.3 is 9.57 Å². The van der Waals surface area contributed by atoms with E-state index in [0.717, 1.165) is 19.8 Å². The fraction of sp³-hybridized carbons (Fsp3) is 1.00. The summed E-state index contributed by atoms with van der Waals surface area (Å²) in [6.45, 7) is 2.52. The standard InChI is InChI=1S/C5H9NO2/c1-4-2-8-6-5(4)3-7-1/h4-6H,1-3H2/t4-,5-/m1/s1. The Morgan fingerprint density at radius 2 is 2.25 bits per heavy atom. The molecule has 0 saturated carbocycles. The minimum absolute atomic E-state index is 0.481. The van der Waals surface area contributed by atoms with E-state index in [-0.39, 0.29) is 0 Å². The van der Waals surface area contributed by atoms with Crippen LogP contribution in [0.4, 0.5) is 0 Å². The second-order valence-electron chi connectivity index (χ2n) is 2.33. The molecule has 2 fully saturated rings. The van der Waals surface area contributed by atoms with Crippen LogP contribution in [0.25, 0.3) is 0 Å². The maximum atomic E-state index is 5.17. The van der Waals surface area contributed by atoms with Gasteiger partial charge in [0, 0.05) is 5.92 Å². The Morgan fingerprint density at radius 1 is 1.25 bits per heavy atom. The van der Waals surface area contributed by atoms with Crippen LogP contribution >= 0.6 is 0 Å². The normalized spacial score (nSPS) is 45.0. The molecule has 3 heteroatoms. The van der Waals surface area contributed by atoms with E-state index >= 15 is 0 Å². The lowest BCUT2D eigenvalue weighted by Gasteiger charge is -1.98. The zero-order valence-corrected chi connectivity index (χ0v) is 4.59. The number of hydrogen-bond acceptors (Lipinski definition) is 3. The summed E-state index contributed by atoms with van der Waals surface area (Å²) < 4.78 is 5.17. The van der Waals surface area contributed by atoms with Gasteiger partial charge in [0.05, 0.1) is 25.9 Å². The molecule has 0 aromatic carbocycles. The van der Waals surface area contributed by atoms with E-state index in [4.69, 9.17) is 9.57 Å². The van der Waals surface area contributed by atoms with Crippen molar-refractivity contribution >= 4 is 0 Å². The van der Waals surface area contributed by atoms with Crippen LogP contribution in [-0.4, -0.2) is 25.9 Å². The van der Waals surface area contributed by atoms with Crippen molar-refractivity contribution in [2.45, 2.75) is 6.04 Å². The van der Waals surface area contributed by atoms with E-state index in [0.29, 0.717) is 12.0 Å². The van der Waals surface area contributed by atoms with Crippen molar-refractivity contribution < 1.29 is 9.57 Å². The molecule has 1 N–H and O–H groups in total. The molecule has 8 heavy (non-hydrogen) atoms. The summed E-state index contributed by atoms with van der Waals surface area (Å²) in [5, 5.41) is 0. The molecule has 2 rings (SSSR count). The fourth-order valence-electron chi connectivity index (χ4n) is 1.16. The van der Waals surface area contributed by atoms with Crippen molar-refractivity contribution in [3.8, 4) is 0 Å². The molecule has 2 heterocycles. The molecular weight excluding hydrogens is 106 g/mol. The van der Waals surface area contributed by atoms with Crippen LogP contribution in [-0.2, 0) is 9.57 Å². The molecule has 0 unspecified atom stereocenters. The summed E-state index contributed by atoms with van der Waals surface area (Å²) in [5.41, 5.74) is 2.89. The number of hydroxylamine groups is 1. The summed E-state index contributed by atoms with van der Waals surface area (Å²) in [4.78, 5) is 4.98. The smallest absolute Gasteiger partial charge is 0.0749 e. The topological polar surface area (TPSA) is 30.5 Å². The number of ether oxygens (including phenoxy) is 1. The van der Waals surface area contributed by atoms with Crippen LogP contribution in [0, 0.1) is 5.92 Å². The van der Waals surface area contributed by atoms with Gasteiger partial charge in [-0.05, 0) is 0 Å². The zero-order chi connectivity index (χ0) is 5.40. The SMILES string of the molecule is C1OC[C@H]2NOC[C@@H]12. The van der Waals surface area contributed by atoms with Crippen LogP contribution in [0.15, 0.2) is 0 Å². The summed E-state index contributed by atoms with van der Waals surface area (Å²) >= 11 is 0. The van der Waals surface area contributed by atoms with Crippen molar-refractivity contribution in [1.82, 2.24) is 5.48 Å². The highest BCUT2D eigenvalue weighted by Crippen LogP contribution is 2.17. The maximum absolute atomic E-state index is 5.17. The zero-order valence-electron chi connectivity index (χ0n) is 4.59. The predicted octanol–water partition coefficient (Wildman–Crippen LogP) is -0.464. The third-order valence-corrected chi connectivity index (χ3v) is 1.73. The van der Waals surface area contributed by atoms with Crippen LogP contribution in [0.3, 0.4) is 0 Å². The van der Waals surface area contributed by atoms with Crippen molar-refractivity contribution in [3.63, 3.8) is 0 Å². The lowest BCUT2D eigenvalue weighted by Crippen LogP contribution is -2.24. The summed E-state index contributed by atoms with van der Waals surface area (Å²) in [5.74, 6) is 0.620. The van der Waals surface area contributed by atoms with Crippen molar-refractivity contribution in [3.05, 3.63) is 0 Å². The lowest BCUT2D eigenvalue weighted by molar-refractivity contribution is 0.0492. The lowest BCUT2D eigenvalue weighted by atomic mass is 10.1. The molecule has 0 spiro atoms. The Labute approximate surface area is 47.9 Å². The van der Waals surface area contributed by atoms with Gasteiger partial charge in [0.15, 0.2) is 0 Å². The van der Waals surface area contributed by atoms with Crippen LogP contribution in [0.5, 0.6) is 0 Å². The van der Waals surface area contributed by atoms with Gasteiger partial charge >= 0.3 is 0 Å². The molecule has 3 nitrogen and oxygen atoms in total. The monoisotopic (exact) mass is 115 g/mol. The molecule has 0 bridgehead atoms. The Kier molecular flexibility index (Phi) is 0.997. The van der Waals surface area contributed by atoms with E-state index in [1.54, 1.807) is 0 Å². The molecule has 0 aromatic rings. The third-order valence-electron chi connectivity index (χ3n) is 1.73. The van der Waals surface area contributed by atoms with Crippen molar-refractivity contribution in [1.29, 1.82) is 0 Å². The predicted molar refractivity (Wildman–Crippen MR) is 27.2 cm³/mol. The molecule has 2 saturated heterocycles. The molecule has 46 valence electrons. The van der Waals surface area contributed by atoms with Gasteiger partial charge in [-0.1, -0.05) is 0 Å². The molecule has 0 aliphatic carbocycles. The highest BCUT2D eigenvalue weighted by molar-refractivity contribution is 4.81. The average Bonchev–Trinajstić information content (AvgIpc) is 2.15. The second-order valence-corrected chi connectivity index (χ2v) is 2.33. The van der Waals surface area contributed by atoms with E-state index in [2.05, 4.69) is 5.48 Å². The highest BCUT2D eigenvalue weighted by atomic mass is 16.7. The van der Waals surface area contributed by atoms with Gasteiger partial charge in [-0.3, -0.25) is 0 Å². The molecule has 2 aliphatic rings. The molecular formula is C5H9NO2. The molecule has 0 amide bonds. The van der Waals surface area contributed by atoms with Crippen LogP contribution in [0.1, 0.15) is 0 Å². The first-order chi connectivity index (χ1) is 3.97. The Morgan fingerprint density at radius 3 is 3.12 bits per heavy atom. The van der Waals surface area contributed by atoms with Crippen LogP contribution < -0.4 is 5.48 Å². The van der Waals surface area contributed by atoms with Gasteiger partial charge in [-0.15, -0.1) is 0 Å². The number of fused-ring (bicyclic) bond motifs is 1. The van der Waals surface area contributed by atoms with Crippen molar-refractivity contribution in [2.75, 3.05) is 19.8 Å². The van der Waals surface area contributed by atoms with E-state index in [1.165, 1.54) is 0 Å². The minimum Gasteiger partial charge on any atom is -0.379 e. The third kappa shape index (κ3) is 0.555. The second kappa shape index (κ2) is 1.69. The number of hydrogen-bond donors (Lipinski definition) is 1. The van der Waals surface area contributed by atoms with E-state index in [9.17, 15) is 0 Å². The average molecular weight is 115 g/mol. The van der Waals surface area contributed by atoms with E-state index < -0.39 is 0 Å². The Hall–Kier alpha value is -0.120. The van der Waals surface area contributed by atoms with Gasteiger partial charge in [-0.25, -0.2) is 0 Å². The molecule has 0 radical (unpaired) electrons. The summed E-state index contributed by atoms with van der Waals surface area (Å²) in [6.07, 6.45) is 0. The van der Waals surface area contributed by atoms with Gasteiger partial charge in [0.25, 0.3) is 0 Å². The number of rotatable bonds is 0. The van der Waals surface area contributed by atoms with Crippen LogP contribution in [0.2, 0.25) is 0 Å². The van der Waals surface area contributed by atoms with Crippen molar-refractivity contribution in [2.24, 2.45) is 5.92 Å².